The molecular weight excluding hydrogens is 507 g/mol. The van der Waals surface area contributed by atoms with Crippen LogP contribution in [0.15, 0.2) is 18.2 Å². The largest absolute Gasteiger partial charge is 0.417 e. The zero-order valence-corrected chi connectivity index (χ0v) is 21.9. The Labute approximate surface area is 220 Å². The number of nitriles is 1. The second-order valence-corrected chi connectivity index (χ2v) is 10.5. The predicted molar refractivity (Wildman–Crippen MR) is 134 cm³/mol. The highest BCUT2D eigenvalue weighted by atomic mass is 32.1. The number of nitrogens with zero attached hydrogens (tertiary/aromatic N) is 3. The van der Waals surface area contributed by atoms with Gasteiger partial charge in [0.1, 0.15) is 5.54 Å². The molecule has 3 fully saturated rings. The minimum absolute atomic E-state index is 0.0101. The van der Waals surface area contributed by atoms with Crippen molar-refractivity contribution in [1.82, 2.24) is 4.90 Å². The van der Waals surface area contributed by atoms with Crippen LogP contribution in [0.5, 0.6) is 0 Å². The van der Waals surface area contributed by atoms with Crippen molar-refractivity contribution in [2.45, 2.75) is 88.9 Å². The van der Waals surface area contributed by atoms with Gasteiger partial charge >= 0.3 is 6.18 Å². The normalized spacial score (nSPS) is 26.4. The van der Waals surface area contributed by atoms with E-state index in [4.69, 9.17) is 31.7 Å². The van der Waals surface area contributed by atoms with E-state index in [2.05, 4.69) is 0 Å². The number of ether oxygens (including phenoxy) is 3. The summed E-state index contributed by atoms with van der Waals surface area (Å²) in [5, 5.41) is 9.28. The molecule has 1 aromatic carbocycles. The van der Waals surface area contributed by atoms with Crippen LogP contribution >= 0.6 is 12.2 Å². The van der Waals surface area contributed by atoms with E-state index >= 15 is 0 Å². The molecule has 2 aliphatic heterocycles. The molecule has 0 N–H and O–H groups in total. The second-order valence-electron chi connectivity index (χ2n) is 10.2. The summed E-state index contributed by atoms with van der Waals surface area (Å²) in [6.07, 6.45) is 1.33. The summed E-state index contributed by atoms with van der Waals surface area (Å²) in [5.74, 6) is -0.393. The van der Waals surface area contributed by atoms with Crippen LogP contribution in [0.25, 0.3) is 0 Å². The molecule has 0 aromatic heterocycles. The third kappa shape index (κ3) is 5.93. The number of anilines is 1. The molecule has 1 amide bonds. The third-order valence-corrected chi connectivity index (χ3v) is 7.68. The van der Waals surface area contributed by atoms with Crippen LogP contribution in [0.3, 0.4) is 0 Å². The van der Waals surface area contributed by atoms with Gasteiger partial charge in [0.25, 0.3) is 5.91 Å². The van der Waals surface area contributed by atoms with Crippen LogP contribution in [0.1, 0.15) is 69.9 Å². The summed E-state index contributed by atoms with van der Waals surface area (Å²) in [4.78, 5) is 16.4. The van der Waals surface area contributed by atoms with Crippen molar-refractivity contribution >= 4 is 28.9 Å². The standard InChI is InChI=1S/C26H32F3N3O4S/c1-25(2)23(33)31(19-7-6-17(16-30)21(15-19)26(27,28)29)24(37)32(25)18-8-10-20(11-9-18)34-13-14-36-22-5-3-4-12-35-22/h6-7,15,18,20,22H,3-5,8-14H2,1-2H3/t18-,20-,22?. The molecule has 11 heteroatoms. The smallest absolute Gasteiger partial charge is 0.376 e. The number of hydrogen-bond acceptors (Lipinski definition) is 6. The summed E-state index contributed by atoms with van der Waals surface area (Å²) in [7, 11) is 0. The summed E-state index contributed by atoms with van der Waals surface area (Å²) in [6.45, 7) is 5.17. The average molecular weight is 540 g/mol. The number of carbonyl (C=O) groups is 1. The van der Waals surface area contributed by atoms with Crippen LogP contribution < -0.4 is 4.90 Å². The Bertz CT molecular complexity index is 1040. The highest BCUT2D eigenvalue weighted by Crippen LogP contribution is 2.40. The van der Waals surface area contributed by atoms with E-state index in [1.165, 1.54) is 11.0 Å². The molecule has 0 radical (unpaired) electrons. The van der Waals surface area contributed by atoms with Gasteiger partial charge < -0.3 is 19.1 Å². The molecular formula is C26H32F3N3O4S. The lowest BCUT2D eigenvalue weighted by Crippen LogP contribution is -2.51. The molecule has 1 atom stereocenters. The lowest BCUT2D eigenvalue weighted by Gasteiger charge is -2.40. The molecule has 1 saturated carbocycles. The fourth-order valence-corrected chi connectivity index (χ4v) is 5.93. The van der Waals surface area contributed by atoms with Crippen molar-refractivity contribution in [2.75, 3.05) is 24.7 Å². The first-order valence-corrected chi connectivity index (χ1v) is 13.1. The summed E-state index contributed by atoms with van der Waals surface area (Å²) < 4.78 is 57.9. The van der Waals surface area contributed by atoms with E-state index in [0.29, 0.717) is 13.2 Å². The Kier molecular flexibility index (Phi) is 8.43. The minimum Gasteiger partial charge on any atom is -0.376 e. The summed E-state index contributed by atoms with van der Waals surface area (Å²) in [5.41, 5.74) is -2.60. The Hall–Kier alpha value is -2.26. The van der Waals surface area contributed by atoms with Crippen molar-refractivity contribution < 1.29 is 32.2 Å². The van der Waals surface area contributed by atoms with Crippen molar-refractivity contribution in [1.29, 1.82) is 5.26 Å². The molecule has 202 valence electrons. The van der Waals surface area contributed by atoms with Crippen LogP contribution in [-0.2, 0) is 25.2 Å². The molecule has 1 unspecified atom stereocenters. The number of thiocarbonyl (C=S) groups is 1. The topological polar surface area (TPSA) is 75.0 Å². The molecule has 1 aliphatic carbocycles. The highest BCUT2D eigenvalue weighted by molar-refractivity contribution is 7.80. The fourth-order valence-electron chi connectivity index (χ4n) is 5.36. The van der Waals surface area contributed by atoms with Gasteiger partial charge in [-0.15, -0.1) is 0 Å². The highest BCUT2D eigenvalue weighted by Gasteiger charge is 2.52. The Balaban J connectivity index is 1.38. The zero-order valence-electron chi connectivity index (χ0n) is 21.1. The van der Waals surface area contributed by atoms with Gasteiger partial charge in [0.05, 0.1) is 42.2 Å². The van der Waals surface area contributed by atoms with E-state index in [9.17, 15) is 18.0 Å². The lowest BCUT2D eigenvalue weighted by molar-refractivity contribution is -0.172. The quantitative estimate of drug-likeness (QED) is 0.350. The van der Waals surface area contributed by atoms with Crippen LogP contribution in [0.4, 0.5) is 18.9 Å². The first kappa shape index (κ1) is 27.8. The molecule has 7 nitrogen and oxygen atoms in total. The third-order valence-electron chi connectivity index (χ3n) is 7.30. The molecule has 2 saturated heterocycles. The van der Waals surface area contributed by atoms with E-state index < -0.39 is 28.7 Å². The summed E-state index contributed by atoms with van der Waals surface area (Å²) >= 11 is 5.65. The maximum Gasteiger partial charge on any atom is 0.417 e. The number of rotatable bonds is 7. The first-order chi connectivity index (χ1) is 17.5. The van der Waals surface area contributed by atoms with Crippen molar-refractivity contribution in [3.8, 4) is 6.07 Å². The number of carbonyl (C=O) groups excluding carboxylic acids is 1. The Morgan fingerprint density at radius 3 is 2.46 bits per heavy atom. The first-order valence-electron chi connectivity index (χ1n) is 12.7. The maximum absolute atomic E-state index is 13.5. The van der Waals surface area contributed by atoms with Gasteiger partial charge in [-0.3, -0.25) is 9.69 Å². The SMILES string of the molecule is CC1(C)C(=O)N(c2ccc(C#N)c(C(F)(F)F)c2)C(=S)N1[C@H]1CC[C@H](OCCOC2CCCCO2)CC1. The van der Waals surface area contributed by atoms with Gasteiger partial charge in [0.2, 0.25) is 0 Å². The number of hydrogen-bond donors (Lipinski definition) is 0. The van der Waals surface area contributed by atoms with E-state index in [0.717, 1.165) is 63.7 Å². The predicted octanol–water partition coefficient (Wildman–Crippen LogP) is 5.16. The van der Waals surface area contributed by atoms with Gasteiger partial charge in [-0.05, 0) is 89.2 Å². The number of benzene rings is 1. The minimum atomic E-state index is -4.73. The van der Waals surface area contributed by atoms with Crippen LogP contribution in [-0.4, -0.2) is 59.7 Å². The number of alkyl halides is 3. The zero-order chi connectivity index (χ0) is 26.8. The van der Waals surface area contributed by atoms with Gasteiger partial charge in [-0.1, -0.05) is 0 Å². The molecule has 0 bridgehead atoms. The fraction of sp³-hybridized carbons (Fsp3) is 0.654. The van der Waals surface area contributed by atoms with Crippen molar-refractivity contribution in [2.24, 2.45) is 0 Å². The van der Waals surface area contributed by atoms with Crippen LogP contribution in [0.2, 0.25) is 0 Å². The number of amides is 1. The average Bonchev–Trinajstić information content (AvgIpc) is 3.05. The molecule has 4 rings (SSSR count). The Morgan fingerprint density at radius 2 is 1.84 bits per heavy atom. The van der Waals surface area contributed by atoms with Crippen LogP contribution in [0, 0.1) is 11.3 Å². The lowest BCUT2D eigenvalue weighted by atomic mass is 9.89. The van der Waals surface area contributed by atoms with Gasteiger partial charge in [-0.2, -0.15) is 18.4 Å². The Morgan fingerprint density at radius 1 is 1.14 bits per heavy atom. The van der Waals surface area contributed by atoms with E-state index in [-0.39, 0.29) is 29.2 Å². The van der Waals surface area contributed by atoms with Crippen molar-refractivity contribution in [3.63, 3.8) is 0 Å². The van der Waals surface area contributed by atoms with E-state index in [1.54, 1.807) is 19.9 Å². The molecule has 3 aliphatic rings. The molecule has 2 heterocycles. The van der Waals surface area contributed by atoms with Crippen molar-refractivity contribution in [3.05, 3.63) is 29.3 Å². The molecule has 0 spiro atoms. The monoisotopic (exact) mass is 539 g/mol. The van der Waals surface area contributed by atoms with Gasteiger partial charge in [-0.25, -0.2) is 0 Å². The second kappa shape index (κ2) is 11.2. The van der Waals surface area contributed by atoms with Gasteiger partial charge in [0.15, 0.2) is 11.4 Å². The van der Waals surface area contributed by atoms with Gasteiger partial charge in [0, 0.05) is 12.6 Å². The maximum atomic E-state index is 13.5. The van der Waals surface area contributed by atoms with E-state index in [1.807, 2.05) is 4.90 Å². The summed E-state index contributed by atoms with van der Waals surface area (Å²) in [6, 6.07) is 4.77. The molecule has 1 aromatic rings. The molecule has 37 heavy (non-hydrogen) atoms. The number of halogens is 3.